The first kappa shape index (κ1) is 15.0. The van der Waals surface area contributed by atoms with Gasteiger partial charge in [0.1, 0.15) is 0 Å². The van der Waals surface area contributed by atoms with Crippen LogP contribution < -0.4 is 0 Å². The Labute approximate surface area is 160 Å². The van der Waals surface area contributed by atoms with E-state index in [1.807, 2.05) is 11.3 Å². The Morgan fingerprint density at radius 3 is 2.41 bits per heavy atom. The Morgan fingerprint density at radius 1 is 0.778 bits per heavy atom. The highest BCUT2D eigenvalue weighted by molar-refractivity contribution is 7.27. The van der Waals surface area contributed by atoms with Gasteiger partial charge in [0, 0.05) is 41.8 Å². The number of hydrogen-bond acceptors (Lipinski definition) is 1. The number of rotatable bonds is 1. The van der Waals surface area contributed by atoms with Gasteiger partial charge in [-0.1, -0.05) is 60.7 Å². The van der Waals surface area contributed by atoms with Crippen LogP contribution in [0.3, 0.4) is 0 Å². The molecule has 6 aromatic rings. The molecule has 0 aliphatic rings. The van der Waals surface area contributed by atoms with E-state index in [4.69, 9.17) is 0 Å². The summed E-state index contributed by atoms with van der Waals surface area (Å²) >= 11 is 1.91. The van der Waals surface area contributed by atoms with E-state index in [0.29, 0.717) is 0 Å². The maximum Gasteiger partial charge on any atom is 0.0559 e. The Hall–Kier alpha value is -3.10. The molecule has 0 spiro atoms. The molecule has 2 aromatic heterocycles. The van der Waals surface area contributed by atoms with Crippen LogP contribution in [0.4, 0.5) is 0 Å². The summed E-state index contributed by atoms with van der Waals surface area (Å²) < 4.78 is 2.73. The van der Waals surface area contributed by atoms with Gasteiger partial charge in [-0.05, 0) is 36.1 Å². The topological polar surface area (TPSA) is 15.8 Å². The van der Waals surface area contributed by atoms with Gasteiger partial charge in [-0.15, -0.1) is 11.3 Å². The quantitative estimate of drug-likeness (QED) is 0.306. The number of thiophene rings is 1. The highest BCUT2D eigenvalue weighted by Crippen LogP contribution is 2.45. The number of hydrogen-bond donors (Lipinski definition) is 1. The van der Waals surface area contributed by atoms with Crippen molar-refractivity contribution in [3.8, 4) is 0 Å². The van der Waals surface area contributed by atoms with Crippen LogP contribution in [0, 0.1) is 0 Å². The summed E-state index contributed by atoms with van der Waals surface area (Å²) in [7, 11) is 0. The highest BCUT2D eigenvalue weighted by Gasteiger charge is 2.17. The molecule has 27 heavy (non-hydrogen) atoms. The normalized spacial score (nSPS) is 12.5. The number of nitrogens with one attached hydrogen (secondary N) is 1. The molecule has 0 unspecified atom stereocenters. The van der Waals surface area contributed by atoms with E-state index in [2.05, 4.69) is 90.8 Å². The summed E-state index contributed by atoms with van der Waals surface area (Å²) in [4.78, 5) is 3.71. The predicted octanol–water partition coefficient (Wildman–Crippen LogP) is 7.88. The predicted molar refractivity (Wildman–Crippen MR) is 121 cm³/mol. The number of H-pyrrole nitrogens is 1. The summed E-state index contributed by atoms with van der Waals surface area (Å²) in [6, 6.07) is 24.3. The van der Waals surface area contributed by atoms with Gasteiger partial charge < -0.3 is 4.98 Å². The van der Waals surface area contributed by atoms with Crippen molar-refractivity contribution >= 4 is 70.2 Å². The van der Waals surface area contributed by atoms with Crippen LogP contribution in [0.1, 0.15) is 12.5 Å². The minimum absolute atomic E-state index is 1.20. The second-order valence-electron chi connectivity index (χ2n) is 7.03. The number of allylic oxidation sites excluding steroid dienone is 1. The molecule has 2 heteroatoms. The van der Waals surface area contributed by atoms with Gasteiger partial charge in [0.2, 0.25) is 0 Å². The number of benzene rings is 4. The average Bonchev–Trinajstić information content (AvgIpc) is 3.27. The largest absolute Gasteiger partial charge is 0.354 e. The van der Waals surface area contributed by atoms with Crippen molar-refractivity contribution in [1.29, 1.82) is 0 Å². The van der Waals surface area contributed by atoms with Crippen LogP contribution in [0.2, 0.25) is 0 Å². The van der Waals surface area contributed by atoms with E-state index in [1.165, 1.54) is 58.3 Å². The van der Waals surface area contributed by atoms with E-state index in [9.17, 15) is 0 Å². The SMILES string of the molecule is C/C=C/c1ccc2[nH]c3c4ccccc4c4c5ccccc5sc4c3c2c1. The molecule has 0 aliphatic heterocycles. The van der Waals surface area contributed by atoms with Crippen LogP contribution in [-0.2, 0) is 0 Å². The lowest BCUT2D eigenvalue weighted by molar-refractivity contribution is 1.56. The minimum atomic E-state index is 1.20. The van der Waals surface area contributed by atoms with Crippen LogP contribution in [0.5, 0.6) is 0 Å². The second kappa shape index (κ2) is 5.45. The fraction of sp³-hybridized carbons (Fsp3) is 0.0400. The number of aromatic nitrogens is 1. The fourth-order valence-corrected chi connectivity index (χ4v) is 5.63. The van der Waals surface area contributed by atoms with Crippen molar-refractivity contribution in [2.45, 2.75) is 6.92 Å². The van der Waals surface area contributed by atoms with E-state index in [0.717, 1.165) is 0 Å². The first-order chi connectivity index (χ1) is 13.3. The second-order valence-corrected chi connectivity index (χ2v) is 8.08. The Balaban J connectivity index is 1.97. The lowest BCUT2D eigenvalue weighted by atomic mass is 9.99. The summed E-state index contributed by atoms with van der Waals surface area (Å²) in [6.45, 7) is 2.07. The molecule has 6 rings (SSSR count). The zero-order valence-electron chi connectivity index (χ0n) is 14.9. The van der Waals surface area contributed by atoms with Crippen LogP contribution >= 0.6 is 11.3 Å². The van der Waals surface area contributed by atoms with Crippen molar-refractivity contribution in [2.75, 3.05) is 0 Å². The Kier molecular flexibility index (Phi) is 3.03. The van der Waals surface area contributed by atoms with Gasteiger partial charge in [-0.3, -0.25) is 0 Å². The molecule has 0 aliphatic carbocycles. The monoisotopic (exact) mass is 363 g/mol. The van der Waals surface area contributed by atoms with E-state index >= 15 is 0 Å². The van der Waals surface area contributed by atoms with Crippen molar-refractivity contribution in [3.05, 3.63) is 78.4 Å². The van der Waals surface area contributed by atoms with Crippen molar-refractivity contribution in [1.82, 2.24) is 4.98 Å². The molecule has 2 heterocycles. The minimum Gasteiger partial charge on any atom is -0.354 e. The van der Waals surface area contributed by atoms with Crippen LogP contribution in [0.15, 0.2) is 72.8 Å². The molecule has 0 saturated carbocycles. The van der Waals surface area contributed by atoms with Crippen LogP contribution in [0.25, 0.3) is 58.8 Å². The maximum atomic E-state index is 3.71. The molecular weight excluding hydrogens is 346 g/mol. The molecule has 1 N–H and O–H groups in total. The standard InChI is InChI=1S/C25H17NS/c1-2-7-15-12-13-20-19(14-15)23-24(26-20)17-9-4-3-8-16(17)22-18-10-5-6-11-21(18)27-25(22)23/h2-14,26H,1H3/b7-2+. The lowest BCUT2D eigenvalue weighted by Gasteiger charge is -2.04. The van der Waals surface area contributed by atoms with Gasteiger partial charge >= 0.3 is 0 Å². The first-order valence-electron chi connectivity index (χ1n) is 9.25. The Bertz CT molecular complexity index is 1530. The average molecular weight is 363 g/mol. The molecule has 0 atom stereocenters. The highest BCUT2D eigenvalue weighted by atomic mass is 32.1. The van der Waals surface area contributed by atoms with Gasteiger partial charge in [0.15, 0.2) is 0 Å². The van der Waals surface area contributed by atoms with Gasteiger partial charge in [-0.25, -0.2) is 0 Å². The van der Waals surface area contributed by atoms with Crippen molar-refractivity contribution < 1.29 is 0 Å². The van der Waals surface area contributed by atoms with E-state index < -0.39 is 0 Å². The van der Waals surface area contributed by atoms with Crippen LogP contribution in [-0.4, -0.2) is 4.98 Å². The molecular formula is C25H17NS. The lowest BCUT2D eigenvalue weighted by Crippen LogP contribution is -1.78. The molecule has 1 nitrogen and oxygen atoms in total. The van der Waals surface area contributed by atoms with Gasteiger partial charge in [0.05, 0.1) is 5.52 Å². The zero-order valence-corrected chi connectivity index (χ0v) is 15.7. The molecule has 128 valence electrons. The summed E-state index contributed by atoms with van der Waals surface area (Å²) in [5.74, 6) is 0. The maximum absolute atomic E-state index is 3.71. The van der Waals surface area contributed by atoms with E-state index in [1.54, 1.807) is 0 Å². The van der Waals surface area contributed by atoms with Gasteiger partial charge in [-0.2, -0.15) is 0 Å². The van der Waals surface area contributed by atoms with Crippen molar-refractivity contribution in [2.24, 2.45) is 0 Å². The zero-order chi connectivity index (χ0) is 18.0. The molecule has 0 saturated heterocycles. The number of fused-ring (bicyclic) bond motifs is 10. The Morgan fingerprint density at radius 2 is 1.56 bits per heavy atom. The summed E-state index contributed by atoms with van der Waals surface area (Å²) in [6.07, 6.45) is 4.27. The van der Waals surface area contributed by atoms with Gasteiger partial charge in [0.25, 0.3) is 0 Å². The van der Waals surface area contributed by atoms with E-state index in [-0.39, 0.29) is 0 Å². The first-order valence-corrected chi connectivity index (χ1v) is 10.1. The number of aromatic amines is 1. The molecule has 0 amide bonds. The van der Waals surface area contributed by atoms with Crippen molar-refractivity contribution in [3.63, 3.8) is 0 Å². The third-order valence-electron chi connectivity index (χ3n) is 5.47. The third kappa shape index (κ3) is 1.99. The summed E-state index contributed by atoms with van der Waals surface area (Å²) in [5, 5.41) is 8.03. The summed E-state index contributed by atoms with van der Waals surface area (Å²) in [5.41, 5.74) is 3.69. The smallest absolute Gasteiger partial charge is 0.0559 e. The molecule has 4 aromatic carbocycles. The molecule has 0 bridgehead atoms. The third-order valence-corrected chi connectivity index (χ3v) is 6.66. The fourth-order valence-electron chi connectivity index (χ4n) is 4.35. The molecule has 0 fully saturated rings. The molecule has 0 radical (unpaired) electrons.